The molecular formula is C13H24N4O3S. The fourth-order valence-corrected chi connectivity index (χ4v) is 1.91. The smallest absolute Gasteiger partial charge is 0.270 e. The third-order valence-corrected chi connectivity index (χ3v) is 2.95. The number of anilines is 1. The van der Waals surface area contributed by atoms with Crippen molar-refractivity contribution >= 4 is 17.5 Å². The Labute approximate surface area is 139 Å². The second-order valence-corrected chi connectivity index (χ2v) is 5.92. The minimum Gasteiger partial charge on any atom is -0.472 e. The first-order valence-electron chi connectivity index (χ1n) is 9.87. The Morgan fingerprint density at radius 3 is 2.95 bits per heavy atom. The number of β-amino-alcohol motifs (C(OH)–C–C–N with tert-alkyl or cyclic N) is 1. The Bertz CT molecular complexity index is 680. The van der Waals surface area contributed by atoms with Gasteiger partial charge >= 0.3 is 0 Å². The Kier molecular flexibility index (Phi) is 3.23. The number of nitrogens with zero attached hydrogens (tertiary/aromatic N) is 3. The minimum atomic E-state index is -2.89. The third kappa shape index (κ3) is 5.39. The maximum atomic E-state index is 10.3. The average molecular weight is 323 g/mol. The second kappa shape index (κ2) is 7.35. The van der Waals surface area contributed by atoms with Gasteiger partial charge in [0.25, 0.3) is 5.88 Å². The quantitative estimate of drug-likeness (QED) is 0.789. The first kappa shape index (κ1) is 9.24. The van der Waals surface area contributed by atoms with E-state index in [4.69, 9.17) is 19.1 Å². The number of aromatic nitrogens is 2. The summed E-state index contributed by atoms with van der Waals surface area (Å²) < 4.78 is 72.4. The van der Waals surface area contributed by atoms with E-state index in [0.717, 1.165) is 0 Å². The van der Waals surface area contributed by atoms with E-state index >= 15 is 0 Å². The molecule has 0 saturated carbocycles. The highest BCUT2D eigenvalue weighted by Gasteiger charge is 2.21. The lowest BCUT2D eigenvalue weighted by Gasteiger charge is -2.27. The molecule has 1 fully saturated rings. The zero-order valence-corrected chi connectivity index (χ0v) is 13.0. The van der Waals surface area contributed by atoms with Gasteiger partial charge in [0.05, 0.1) is 34.4 Å². The van der Waals surface area contributed by atoms with Gasteiger partial charge in [-0.2, -0.15) is 4.37 Å². The highest BCUT2D eigenvalue weighted by Crippen LogP contribution is 2.26. The van der Waals surface area contributed by atoms with Crippen LogP contribution in [-0.4, -0.2) is 64.8 Å². The van der Waals surface area contributed by atoms with Gasteiger partial charge in [-0.3, -0.25) is 0 Å². The Hall–Kier alpha value is -0.960. The number of hydrogen-bond donors (Lipinski definition) is 2. The maximum absolute atomic E-state index is 10.3. The summed E-state index contributed by atoms with van der Waals surface area (Å²) in [6.45, 7) is -3.32. The molecule has 0 radical (unpaired) electrons. The predicted octanol–water partition coefficient (Wildman–Crippen LogP) is 0.502. The molecule has 0 spiro atoms. The van der Waals surface area contributed by atoms with Gasteiger partial charge in [-0.15, -0.1) is 4.37 Å². The molecular weight excluding hydrogens is 292 g/mol. The van der Waals surface area contributed by atoms with E-state index in [1.54, 1.807) is 20.8 Å². The Balaban J connectivity index is 2.21. The largest absolute Gasteiger partial charge is 0.472 e. The van der Waals surface area contributed by atoms with Crippen LogP contribution in [0.4, 0.5) is 5.82 Å². The number of nitrogens with one attached hydrogen (secondary N) is 1. The predicted molar refractivity (Wildman–Crippen MR) is 82.2 cm³/mol. The van der Waals surface area contributed by atoms with E-state index in [9.17, 15) is 5.11 Å². The van der Waals surface area contributed by atoms with Gasteiger partial charge in [-0.1, -0.05) is 0 Å². The van der Waals surface area contributed by atoms with Crippen LogP contribution >= 0.6 is 11.7 Å². The van der Waals surface area contributed by atoms with Crippen LogP contribution in [0.2, 0.25) is 0 Å². The average Bonchev–Trinajstić information content (AvgIpc) is 2.88. The van der Waals surface area contributed by atoms with Crippen LogP contribution in [0.15, 0.2) is 0 Å². The summed E-state index contributed by atoms with van der Waals surface area (Å²) >= 11 is 0.652. The lowest BCUT2D eigenvalue weighted by molar-refractivity contribution is 0.0975. The summed E-state index contributed by atoms with van der Waals surface area (Å²) in [7, 11) is 0. The fourth-order valence-electron chi connectivity index (χ4n) is 1.40. The first-order chi connectivity index (χ1) is 12.4. The Morgan fingerprint density at radius 1 is 1.57 bits per heavy atom. The van der Waals surface area contributed by atoms with Crippen molar-refractivity contribution in [3.05, 3.63) is 0 Å². The van der Waals surface area contributed by atoms with Crippen molar-refractivity contribution in [2.45, 2.75) is 32.4 Å². The second-order valence-electron chi connectivity index (χ2n) is 5.39. The van der Waals surface area contributed by atoms with Crippen molar-refractivity contribution in [3.63, 3.8) is 0 Å². The summed E-state index contributed by atoms with van der Waals surface area (Å²) in [6.07, 6.45) is -2.67. The van der Waals surface area contributed by atoms with Crippen LogP contribution < -0.4 is 15.0 Å². The molecule has 1 aliphatic rings. The lowest BCUT2D eigenvalue weighted by atomic mass is 10.1. The molecule has 1 saturated heterocycles. The van der Waals surface area contributed by atoms with Gasteiger partial charge in [0, 0.05) is 25.2 Å². The standard InChI is InChI=1S/C13H24N4O3S/c1-13(2,3)14-8-10(18)9-20-12-11(15-21-16-12)17-4-6-19-7-5-17/h10,14,18H,4-9H2,1-3H3/t10-/m0/s1/i6D2,7D2,9D2,10D. The van der Waals surface area contributed by atoms with Crippen LogP contribution in [0.1, 0.15) is 30.4 Å². The van der Waals surface area contributed by atoms with Crippen LogP contribution in [0.3, 0.4) is 0 Å². The van der Waals surface area contributed by atoms with Crippen molar-refractivity contribution in [2.75, 3.05) is 44.2 Å². The molecule has 1 aliphatic heterocycles. The van der Waals surface area contributed by atoms with Crippen molar-refractivity contribution in [2.24, 2.45) is 0 Å². The van der Waals surface area contributed by atoms with E-state index in [1.165, 1.54) is 4.90 Å². The number of ether oxygens (including phenoxy) is 2. The molecule has 1 aromatic heterocycles. The number of aliphatic hydroxyl groups is 1. The SMILES string of the molecule is [2H]C1([2H])CN(c2nsnc2OC([2H])([2H])[C@@]([2H])(O)CNC(C)(C)C)CC([2H])([2H])O1. The van der Waals surface area contributed by atoms with E-state index in [-0.39, 0.29) is 24.8 Å². The molecule has 7 nitrogen and oxygen atoms in total. The summed E-state index contributed by atoms with van der Waals surface area (Å²) in [5.41, 5.74) is -0.469. The zero-order chi connectivity index (χ0) is 21.6. The summed E-state index contributed by atoms with van der Waals surface area (Å²) in [5.74, 6) is -0.463. The summed E-state index contributed by atoms with van der Waals surface area (Å²) in [5, 5.41) is 13.1. The molecule has 2 N–H and O–H groups in total. The van der Waals surface area contributed by atoms with E-state index < -0.39 is 37.8 Å². The molecule has 120 valence electrons. The van der Waals surface area contributed by atoms with Crippen LogP contribution in [0.5, 0.6) is 5.88 Å². The minimum absolute atomic E-state index is 0.0931. The van der Waals surface area contributed by atoms with Crippen LogP contribution in [0, 0.1) is 0 Å². The molecule has 8 heteroatoms. The number of hydrogen-bond acceptors (Lipinski definition) is 8. The van der Waals surface area contributed by atoms with E-state index in [0.29, 0.717) is 11.7 Å². The normalized spacial score (nSPS) is 29.7. The van der Waals surface area contributed by atoms with E-state index in [2.05, 4.69) is 14.1 Å². The molecule has 21 heavy (non-hydrogen) atoms. The first-order valence-corrected chi connectivity index (χ1v) is 7.10. The highest BCUT2D eigenvalue weighted by molar-refractivity contribution is 6.99. The van der Waals surface area contributed by atoms with Gasteiger partial charge in [-0.05, 0) is 20.8 Å². The topological polar surface area (TPSA) is 79.7 Å². The molecule has 0 unspecified atom stereocenters. The molecule has 1 atom stereocenters. The third-order valence-electron chi connectivity index (χ3n) is 2.45. The number of morpholine rings is 1. The molecule has 1 aromatic rings. The molecule has 2 rings (SSSR count). The van der Waals surface area contributed by atoms with Gasteiger partial charge in [-0.25, -0.2) is 0 Å². The summed E-state index contributed by atoms with van der Waals surface area (Å²) in [6, 6.07) is 0. The maximum Gasteiger partial charge on any atom is 0.270 e. The number of rotatable bonds is 6. The molecule has 0 aromatic carbocycles. The Morgan fingerprint density at radius 2 is 2.29 bits per heavy atom. The van der Waals surface area contributed by atoms with Gasteiger partial charge in [0.2, 0.25) is 5.82 Å². The van der Waals surface area contributed by atoms with Crippen molar-refractivity contribution < 1.29 is 24.2 Å². The van der Waals surface area contributed by atoms with Gasteiger partial charge < -0.3 is 24.8 Å². The van der Waals surface area contributed by atoms with Crippen molar-refractivity contribution in [1.82, 2.24) is 14.1 Å². The lowest BCUT2D eigenvalue weighted by Crippen LogP contribution is -2.42. The highest BCUT2D eigenvalue weighted by atomic mass is 32.1. The van der Waals surface area contributed by atoms with Gasteiger partial charge in [0.1, 0.15) is 12.6 Å². The van der Waals surface area contributed by atoms with E-state index in [1.807, 2.05) is 0 Å². The molecule has 2 heterocycles. The van der Waals surface area contributed by atoms with Gasteiger partial charge in [0.15, 0.2) is 0 Å². The van der Waals surface area contributed by atoms with Crippen LogP contribution in [0.25, 0.3) is 0 Å². The molecule has 0 bridgehead atoms. The van der Waals surface area contributed by atoms with Crippen LogP contribution in [-0.2, 0) is 4.74 Å². The monoisotopic (exact) mass is 323 g/mol. The zero-order valence-electron chi connectivity index (χ0n) is 19.1. The van der Waals surface area contributed by atoms with Crippen molar-refractivity contribution in [1.29, 1.82) is 0 Å². The summed E-state index contributed by atoms with van der Waals surface area (Å²) in [4.78, 5) is 1.19. The molecule has 0 aliphatic carbocycles. The molecule has 0 amide bonds. The van der Waals surface area contributed by atoms with Crippen molar-refractivity contribution in [3.8, 4) is 5.88 Å². The fraction of sp³-hybridized carbons (Fsp3) is 0.846.